The van der Waals surface area contributed by atoms with Gasteiger partial charge in [-0.05, 0) is 35.9 Å². The minimum atomic E-state index is 0.504. The van der Waals surface area contributed by atoms with E-state index in [1.54, 1.807) is 31.5 Å². The Labute approximate surface area is 156 Å². The van der Waals surface area contributed by atoms with Gasteiger partial charge >= 0.3 is 0 Å². The van der Waals surface area contributed by atoms with Crippen LogP contribution in [-0.2, 0) is 6.54 Å². The van der Waals surface area contributed by atoms with Crippen LogP contribution in [0.25, 0.3) is 0 Å². The minimum Gasteiger partial charge on any atom is -0.495 e. The van der Waals surface area contributed by atoms with E-state index in [0.717, 1.165) is 11.3 Å². The Hall–Kier alpha value is -2.50. The van der Waals surface area contributed by atoms with Gasteiger partial charge in [0.2, 0.25) is 5.95 Å². The highest BCUT2D eigenvalue weighted by Crippen LogP contribution is 2.28. The number of anilines is 3. The molecule has 0 atom stereocenters. The quantitative estimate of drug-likeness (QED) is 0.624. The van der Waals surface area contributed by atoms with Gasteiger partial charge in [0.15, 0.2) is 0 Å². The number of ether oxygens (including phenoxy) is 1. The van der Waals surface area contributed by atoms with Gasteiger partial charge in [-0.1, -0.05) is 41.4 Å². The normalized spacial score (nSPS) is 10.4. The highest BCUT2D eigenvalue weighted by Gasteiger charge is 2.05. The average molecular weight is 375 g/mol. The van der Waals surface area contributed by atoms with Crippen molar-refractivity contribution in [3.8, 4) is 5.75 Å². The number of aromatic nitrogens is 2. The summed E-state index contributed by atoms with van der Waals surface area (Å²) in [4.78, 5) is 8.65. The number of halogens is 2. The molecule has 0 unspecified atom stereocenters. The molecule has 7 heteroatoms. The van der Waals surface area contributed by atoms with Crippen LogP contribution in [0.5, 0.6) is 5.75 Å². The molecule has 128 valence electrons. The van der Waals surface area contributed by atoms with Gasteiger partial charge in [-0.2, -0.15) is 4.98 Å². The average Bonchev–Trinajstić information content (AvgIpc) is 2.62. The van der Waals surface area contributed by atoms with E-state index in [0.29, 0.717) is 34.1 Å². The molecule has 0 amide bonds. The van der Waals surface area contributed by atoms with Gasteiger partial charge in [-0.3, -0.25) is 0 Å². The SMILES string of the molecule is COc1ccc(Nc2ccnc(NCc3ccccc3Cl)n2)cc1Cl. The Balaban J connectivity index is 1.69. The number of methoxy groups -OCH3 is 1. The second kappa shape index (κ2) is 8.05. The van der Waals surface area contributed by atoms with Crippen molar-refractivity contribution in [3.05, 3.63) is 70.3 Å². The Morgan fingerprint density at radius 3 is 2.64 bits per heavy atom. The first kappa shape index (κ1) is 17.3. The van der Waals surface area contributed by atoms with E-state index in [1.165, 1.54) is 0 Å². The van der Waals surface area contributed by atoms with Gasteiger partial charge < -0.3 is 15.4 Å². The Bertz CT molecular complexity index is 873. The van der Waals surface area contributed by atoms with E-state index in [4.69, 9.17) is 27.9 Å². The van der Waals surface area contributed by atoms with E-state index in [-0.39, 0.29) is 0 Å². The molecule has 0 saturated carbocycles. The summed E-state index contributed by atoms with van der Waals surface area (Å²) in [6.45, 7) is 0.539. The standard InChI is InChI=1S/C18H16Cl2N4O/c1-25-16-7-6-13(10-15(16)20)23-17-8-9-21-18(24-17)22-11-12-4-2-3-5-14(12)19/h2-10H,11H2,1H3,(H2,21,22,23,24). The van der Waals surface area contributed by atoms with Gasteiger partial charge in [0.25, 0.3) is 0 Å². The van der Waals surface area contributed by atoms with Crippen molar-refractivity contribution in [2.45, 2.75) is 6.54 Å². The maximum atomic E-state index is 6.15. The Kier molecular flexibility index (Phi) is 5.58. The largest absolute Gasteiger partial charge is 0.495 e. The van der Waals surface area contributed by atoms with Crippen LogP contribution in [-0.4, -0.2) is 17.1 Å². The highest BCUT2D eigenvalue weighted by atomic mass is 35.5. The number of hydrogen-bond donors (Lipinski definition) is 2. The lowest BCUT2D eigenvalue weighted by molar-refractivity contribution is 0.415. The molecule has 3 aromatic rings. The summed E-state index contributed by atoms with van der Waals surface area (Å²) in [6.07, 6.45) is 1.68. The minimum absolute atomic E-state index is 0.504. The molecule has 0 spiro atoms. The first-order chi connectivity index (χ1) is 12.2. The third kappa shape index (κ3) is 4.53. The number of nitrogens with one attached hydrogen (secondary N) is 2. The summed E-state index contributed by atoms with van der Waals surface area (Å²) in [6, 6.07) is 14.9. The third-order valence-corrected chi connectivity index (χ3v) is 4.14. The zero-order valence-electron chi connectivity index (χ0n) is 13.5. The van der Waals surface area contributed by atoms with Gasteiger partial charge in [-0.25, -0.2) is 4.98 Å². The van der Waals surface area contributed by atoms with Crippen LogP contribution in [0.4, 0.5) is 17.5 Å². The molecule has 5 nitrogen and oxygen atoms in total. The molecule has 0 bridgehead atoms. The van der Waals surface area contributed by atoms with Gasteiger partial charge in [-0.15, -0.1) is 0 Å². The topological polar surface area (TPSA) is 59.1 Å². The monoisotopic (exact) mass is 374 g/mol. The maximum absolute atomic E-state index is 6.15. The molecule has 2 N–H and O–H groups in total. The summed E-state index contributed by atoms with van der Waals surface area (Å²) in [7, 11) is 1.58. The second-order valence-corrected chi connectivity index (χ2v) is 6.00. The summed E-state index contributed by atoms with van der Waals surface area (Å²) in [5.41, 5.74) is 1.79. The summed E-state index contributed by atoms with van der Waals surface area (Å²) in [5.74, 6) is 1.78. The fourth-order valence-electron chi connectivity index (χ4n) is 2.22. The molecule has 2 aromatic carbocycles. The van der Waals surface area contributed by atoms with E-state index in [1.807, 2.05) is 30.3 Å². The number of rotatable bonds is 6. The van der Waals surface area contributed by atoms with Crippen molar-refractivity contribution in [1.29, 1.82) is 0 Å². The molecule has 0 radical (unpaired) electrons. The van der Waals surface area contributed by atoms with Crippen LogP contribution in [0, 0.1) is 0 Å². The van der Waals surface area contributed by atoms with Crippen molar-refractivity contribution < 1.29 is 4.74 Å². The van der Waals surface area contributed by atoms with Crippen LogP contribution >= 0.6 is 23.2 Å². The lowest BCUT2D eigenvalue weighted by atomic mass is 10.2. The molecule has 0 aliphatic rings. The molecule has 0 saturated heterocycles. The molecule has 0 aliphatic carbocycles. The van der Waals surface area contributed by atoms with E-state index < -0.39 is 0 Å². The van der Waals surface area contributed by atoms with E-state index in [9.17, 15) is 0 Å². The molecule has 0 fully saturated rings. The summed E-state index contributed by atoms with van der Waals surface area (Å²) < 4.78 is 5.15. The van der Waals surface area contributed by atoms with Crippen LogP contribution in [0.2, 0.25) is 10.0 Å². The first-order valence-electron chi connectivity index (χ1n) is 7.56. The zero-order valence-corrected chi connectivity index (χ0v) is 15.0. The maximum Gasteiger partial charge on any atom is 0.224 e. The van der Waals surface area contributed by atoms with Gasteiger partial charge in [0, 0.05) is 23.5 Å². The lowest BCUT2D eigenvalue weighted by Gasteiger charge is -2.10. The fraction of sp³-hybridized carbons (Fsp3) is 0.111. The van der Waals surface area contributed by atoms with E-state index in [2.05, 4.69) is 20.6 Å². The highest BCUT2D eigenvalue weighted by molar-refractivity contribution is 6.32. The Morgan fingerprint density at radius 2 is 1.88 bits per heavy atom. The molecular weight excluding hydrogens is 359 g/mol. The number of hydrogen-bond acceptors (Lipinski definition) is 5. The molecular formula is C18H16Cl2N4O. The van der Waals surface area contributed by atoms with Crippen molar-refractivity contribution in [1.82, 2.24) is 9.97 Å². The van der Waals surface area contributed by atoms with E-state index >= 15 is 0 Å². The predicted molar refractivity (Wildman–Crippen MR) is 102 cm³/mol. The number of benzene rings is 2. The van der Waals surface area contributed by atoms with Crippen LogP contribution in [0.15, 0.2) is 54.7 Å². The van der Waals surface area contributed by atoms with Crippen LogP contribution in [0.3, 0.4) is 0 Å². The van der Waals surface area contributed by atoms with Crippen LogP contribution < -0.4 is 15.4 Å². The molecule has 3 rings (SSSR count). The van der Waals surface area contributed by atoms with Crippen molar-refractivity contribution in [3.63, 3.8) is 0 Å². The molecule has 1 aromatic heterocycles. The van der Waals surface area contributed by atoms with Gasteiger partial charge in [0.1, 0.15) is 11.6 Å². The Morgan fingerprint density at radius 1 is 1.04 bits per heavy atom. The van der Waals surface area contributed by atoms with Gasteiger partial charge in [0.05, 0.1) is 12.1 Å². The number of nitrogens with zero attached hydrogens (tertiary/aromatic N) is 2. The molecule has 25 heavy (non-hydrogen) atoms. The van der Waals surface area contributed by atoms with Crippen molar-refractivity contribution >= 4 is 40.7 Å². The third-order valence-electron chi connectivity index (χ3n) is 3.47. The smallest absolute Gasteiger partial charge is 0.224 e. The molecule has 0 aliphatic heterocycles. The summed E-state index contributed by atoms with van der Waals surface area (Å²) >= 11 is 12.3. The first-order valence-corrected chi connectivity index (χ1v) is 8.32. The van der Waals surface area contributed by atoms with Crippen LogP contribution in [0.1, 0.15) is 5.56 Å². The second-order valence-electron chi connectivity index (χ2n) is 5.18. The predicted octanol–water partition coefficient (Wildman–Crippen LogP) is 5.15. The van der Waals surface area contributed by atoms with Crippen molar-refractivity contribution in [2.24, 2.45) is 0 Å². The van der Waals surface area contributed by atoms with Crippen molar-refractivity contribution in [2.75, 3.05) is 17.7 Å². The zero-order chi connectivity index (χ0) is 17.6. The lowest BCUT2D eigenvalue weighted by Crippen LogP contribution is -2.05. The summed E-state index contributed by atoms with van der Waals surface area (Å²) in [5, 5.41) is 7.59. The fourth-order valence-corrected chi connectivity index (χ4v) is 2.68. The molecule has 1 heterocycles.